The molecule has 0 aliphatic carbocycles. The Hall–Kier alpha value is -6.60. The standard InChI is InChI=1S/C40H24N6O/c1-3-9-25(10-4-1)33-23-45-35-13-7-19-41-37(35)29-17-15-27(21-31(29)39(45)43-33)47-28-16-18-30-32(22-28)40-44-34(26-11-5-2-6-12-26)24-46(40)36-14-8-20-42-38(30)36/h1-24H. The highest BCUT2D eigenvalue weighted by molar-refractivity contribution is 6.12. The van der Waals surface area contributed by atoms with Crippen LogP contribution in [0.1, 0.15) is 0 Å². The van der Waals surface area contributed by atoms with E-state index >= 15 is 0 Å². The van der Waals surface area contributed by atoms with Crippen molar-refractivity contribution >= 4 is 54.9 Å². The number of hydrogen-bond donors (Lipinski definition) is 0. The van der Waals surface area contributed by atoms with E-state index in [1.807, 2.05) is 73.1 Å². The molecule has 0 bridgehead atoms. The highest BCUT2D eigenvalue weighted by Crippen LogP contribution is 2.37. The molecule has 0 amide bonds. The first-order valence-electron chi connectivity index (χ1n) is 15.5. The van der Waals surface area contributed by atoms with Crippen LogP contribution in [0.3, 0.4) is 0 Å². The molecule has 220 valence electrons. The minimum atomic E-state index is 0.710. The molecule has 4 aromatic carbocycles. The molecule has 0 atom stereocenters. The Balaban J connectivity index is 1.14. The number of ether oxygens (including phenoxy) is 1. The third-order valence-electron chi connectivity index (χ3n) is 8.85. The molecule has 0 N–H and O–H groups in total. The maximum absolute atomic E-state index is 6.58. The maximum atomic E-state index is 6.58. The first-order chi connectivity index (χ1) is 23.3. The lowest BCUT2D eigenvalue weighted by atomic mass is 10.1. The number of hydrogen-bond acceptors (Lipinski definition) is 5. The quantitative estimate of drug-likeness (QED) is 0.187. The molecule has 0 aliphatic rings. The van der Waals surface area contributed by atoms with Gasteiger partial charge < -0.3 is 4.74 Å². The summed E-state index contributed by atoms with van der Waals surface area (Å²) in [5.74, 6) is 1.42. The average Bonchev–Trinajstić information content (AvgIpc) is 3.80. The molecular weight excluding hydrogens is 580 g/mol. The summed E-state index contributed by atoms with van der Waals surface area (Å²) < 4.78 is 10.8. The van der Waals surface area contributed by atoms with E-state index in [0.717, 1.165) is 77.4 Å². The molecule has 0 fully saturated rings. The van der Waals surface area contributed by atoms with Crippen molar-refractivity contribution in [2.75, 3.05) is 0 Å². The van der Waals surface area contributed by atoms with Crippen molar-refractivity contribution in [3.8, 4) is 34.0 Å². The van der Waals surface area contributed by atoms with Gasteiger partial charge in [-0.2, -0.15) is 0 Å². The summed E-state index contributed by atoms with van der Waals surface area (Å²) in [7, 11) is 0. The Morgan fingerprint density at radius 3 is 1.38 bits per heavy atom. The zero-order valence-corrected chi connectivity index (χ0v) is 24.9. The molecule has 10 rings (SSSR count). The summed E-state index contributed by atoms with van der Waals surface area (Å²) in [6, 6.07) is 40.9. The summed E-state index contributed by atoms with van der Waals surface area (Å²) >= 11 is 0. The second-order valence-corrected chi connectivity index (χ2v) is 11.6. The first kappa shape index (κ1) is 25.7. The second kappa shape index (κ2) is 9.95. The molecule has 7 nitrogen and oxygen atoms in total. The molecule has 0 unspecified atom stereocenters. The van der Waals surface area contributed by atoms with Crippen LogP contribution in [0.4, 0.5) is 0 Å². The number of nitrogens with zero attached hydrogens (tertiary/aromatic N) is 6. The molecule has 0 radical (unpaired) electrons. The molecule has 6 aromatic heterocycles. The van der Waals surface area contributed by atoms with Gasteiger partial charge in [0.05, 0.1) is 33.5 Å². The number of benzene rings is 4. The molecule has 0 saturated heterocycles. The van der Waals surface area contributed by atoms with Crippen LogP contribution in [0.5, 0.6) is 11.5 Å². The highest BCUT2D eigenvalue weighted by Gasteiger charge is 2.17. The lowest BCUT2D eigenvalue weighted by molar-refractivity contribution is 0.484. The summed E-state index contributed by atoms with van der Waals surface area (Å²) in [5, 5.41) is 3.98. The van der Waals surface area contributed by atoms with Crippen molar-refractivity contribution < 1.29 is 4.74 Å². The molecule has 0 aliphatic heterocycles. The molecular formula is C40H24N6O. The predicted molar refractivity (Wildman–Crippen MR) is 187 cm³/mol. The molecule has 7 heteroatoms. The summed E-state index contributed by atoms with van der Waals surface area (Å²) in [5.41, 5.74) is 9.49. The van der Waals surface area contributed by atoms with Crippen molar-refractivity contribution in [1.29, 1.82) is 0 Å². The first-order valence-corrected chi connectivity index (χ1v) is 15.5. The van der Waals surface area contributed by atoms with Gasteiger partial charge in [-0.25, -0.2) is 9.97 Å². The zero-order chi connectivity index (χ0) is 30.9. The normalized spacial score (nSPS) is 11.8. The Labute approximate surface area is 268 Å². The SMILES string of the molecule is c1ccc(-c2cn3c4cccnc4c4ccc(Oc5ccc6c(c5)c5nc(-c7ccccc7)cn5c5cccnc65)cc4c3n2)cc1. The Morgan fingerprint density at radius 2 is 0.915 bits per heavy atom. The van der Waals surface area contributed by atoms with Gasteiger partial charge in [0.1, 0.15) is 22.8 Å². The third-order valence-corrected chi connectivity index (χ3v) is 8.85. The van der Waals surface area contributed by atoms with Crippen LogP contribution in [0.15, 0.2) is 146 Å². The maximum Gasteiger partial charge on any atom is 0.146 e. The van der Waals surface area contributed by atoms with Gasteiger partial charge in [0.2, 0.25) is 0 Å². The smallest absolute Gasteiger partial charge is 0.146 e. The van der Waals surface area contributed by atoms with Gasteiger partial charge in [0, 0.05) is 57.5 Å². The van der Waals surface area contributed by atoms with E-state index in [1.54, 1.807) is 0 Å². The van der Waals surface area contributed by atoms with Crippen LogP contribution in [0.2, 0.25) is 0 Å². The molecule has 10 aromatic rings. The predicted octanol–water partition coefficient (Wildman–Crippen LogP) is 9.51. The fraction of sp³-hybridized carbons (Fsp3) is 0. The number of imidazole rings is 2. The fourth-order valence-electron chi connectivity index (χ4n) is 6.69. The largest absolute Gasteiger partial charge is 0.457 e. The van der Waals surface area contributed by atoms with Crippen molar-refractivity contribution in [1.82, 2.24) is 28.7 Å². The summed E-state index contributed by atoms with van der Waals surface area (Å²) in [6.45, 7) is 0. The van der Waals surface area contributed by atoms with Crippen LogP contribution in [0, 0.1) is 0 Å². The number of fused-ring (bicyclic) bond motifs is 12. The number of aromatic nitrogens is 6. The van der Waals surface area contributed by atoms with Crippen LogP contribution in [0.25, 0.3) is 77.4 Å². The average molecular weight is 605 g/mol. The summed E-state index contributed by atoms with van der Waals surface area (Å²) in [4.78, 5) is 19.7. The molecule has 0 saturated carbocycles. The minimum absolute atomic E-state index is 0.710. The van der Waals surface area contributed by atoms with E-state index in [2.05, 4.69) is 81.9 Å². The molecule has 0 spiro atoms. The van der Waals surface area contributed by atoms with E-state index in [1.165, 1.54) is 0 Å². The lowest BCUT2D eigenvalue weighted by Gasteiger charge is -2.12. The van der Waals surface area contributed by atoms with Gasteiger partial charge in [-0.3, -0.25) is 18.8 Å². The van der Waals surface area contributed by atoms with Crippen LogP contribution < -0.4 is 4.74 Å². The fourth-order valence-corrected chi connectivity index (χ4v) is 6.69. The van der Waals surface area contributed by atoms with Gasteiger partial charge in [-0.05, 0) is 60.7 Å². The van der Waals surface area contributed by atoms with E-state index in [9.17, 15) is 0 Å². The van der Waals surface area contributed by atoms with Crippen LogP contribution >= 0.6 is 0 Å². The summed E-state index contributed by atoms with van der Waals surface area (Å²) in [6.07, 6.45) is 7.84. The van der Waals surface area contributed by atoms with E-state index < -0.39 is 0 Å². The third kappa shape index (κ3) is 4.00. The van der Waals surface area contributed by atoms with Crippen LogP contribution in [-0.2, 0) is 0 Å². The molecule has 6 heterocycles. The van der Waals surface area contributed by atoms with E-state index in [4.69, 9.17) is 24.7 Å². The number of rotatable bonds is 4. The monoisotopic (exact) mass is 604 g/mol. The van der Waals surface area contributed by atoms with Gasteiger partial charge in [-0.15, -0.1) is 0 Å². The highest BCUT2D eigenvalue weighted by atomic mass is 16.5. The van der Waals surface area contributed by atoms with Gasteiger partial charge in [0.15, 0.2) is 0 Å². The van der Waals surface area contributed by atoms with E-state index in [-0.39, 0.29) is 0 Å². The van der Waals surface area contributed by atoms with Gasteiger partial charge >= 0.3 is 0 Å². The lowest BCUT2D eigenvalue weighted by Crippen LogP contribution is -1.94. The number of pyridine rings is 4. The Bertz CT molecular complexity index is 2630. The van der Waals surface area contributed by atoms with Crippen molar-refractivity contribution in [3.63, 3.8) is 0 Å². The Kier molecular flexibility index (Phi) is 5.44. The molecule has 47 heavy (non-hydrogen) atoms. The van der Waals surface area contributed by atoms with Gasteiger partial charge in [0.25, 0.3) is 0 Å². The van der Waals surface area contributed by atoms with Crippen molar-refractivity contribution in [3.05, 3.63) is 146 Å². The Morgan fingerprint density at radius 1 is 0.447 bits per heavy atom. The van der Waals surface area contributed by atoms with Crippen molar-refractivity contribution in [2.45, 2.75) is 0 Å². The van der Waals surface area contributed by atoms with Crippen molar-refractivity contribution in [2.24, 2.45) is 0 Å². The van der Waals surface area contributed by atoms with Crippen LogP contribution in [-0.4, -0.2) is 28.7 Å². The van der Waals surface area contributed by atoms with Gasteiger partial charge in [-0.1, -0.05) is 60.7 Å². The van der Waals surface area contributed by atoms with E-state index in [0.29, 0.717) is 11.5 Å². The minimum Gasteiger partial charge on any atom is -0.457 e. The second-order valence-electron chi connectivity index (χ2n) is 11.6. The topological polar surface area (TPSA) is 69.6 Å². The zero-order valence-electron chi connectivity index (χ0n) is 24.9.